The molecule has 0 heterocycles. The lowest BCUT2D eigenvalue weighted by Crippen LogP contribution is -2.45. The zero-order valence-corrected chi connectivity index (χ0v) is 12.2. The predicted molar refractivity (Wildman–Crippen MR) is 73.8 cm³/mol. The molecule has 0 fully saturated rings. The average molecular weight is 242 g/mol. The SMILES string of the molecule is CCCC(C)(C)NC(=O)C(C)CCCC(C)N. The molecule has 3 N–H and O–H groups in total. The molecule has 0 saturated carbocycles. The molecule has 0 aliphatic carbocycles. The quantitative estimate of drug-likeness (QED) is 0.687. The number of hydrogen-bond acceptors (Lipinski definition) is 2. The predicted octanol–water partition coefficient (Wildman–Crippen LogP) is 2.83. The van der Waals surface area contributed by atoms with Crippen LogP contribution in [0.15, 0.2) is 0 Å². The van der Waals surface area contributed by atoms with Gasteiger partial charge in [-0.2, -0.15) is 0 Å². The largest absolute Gasteiger partial charge is 0.351 e. The van der Waals surface area contributed by atoms with Crippen molar-refractivity contribution in [1.82, 2.24) is 5.32 Å². The van der Waals surface area contributed by atoms with E-state index < -0.39 is 0 Å². The Morgan fingerprint density at radius 3 is 2.35 bits per heavy atom. The van der Waals surface area contributed by atoms with E-state index in [4.69, 9.17) is 5.73 Å². The van der Waals surface area contributed by atoms with E-state index in [2.05, 4.69) is 26.1 Å². The molecule has 0 radical (unpaired) electrons. The lowest BCUT2D eigenvalue weighted by atomic mass is 9.96. The van der Waals surface area contributed by atoms with Gasteiger partial charge in [0.1, 0.15) is 0 Å². The average Bonchev–Trinajstić information content (AvgIpc) is 2.15. The number of rotatable bonds is 8. The monoisotopic (exact) mass is 242 g/mol. The first-order chi connectivity index (χ1) is 7.78. The molecule has 0 aliphatic rings. The number of amides is 1. The fraction of sp³-hybridized carbons (Fsp3) is 0.929. The minimum atomic E-state index is -0.0821. The molecular weight excluding hydrogens is 212 g/mol. The van der Waals surface area contributed by atoms with Gasteiger partial charge in [0.2, 0.25) is 5.91 Å². The first-order valence-electron chi connectivity index (χ1n) is 6.86. The van der Waals surface area contributed by atoms with Crippen molar-refractivity contribution in [3.63, 3.8) is 0 Å². The van der Waals surface area contributed by atoms with Crippen LogP contribution in [-0.4, -0.2) is 17.5 Å². The number of carbonyl (C=O) groups is 1. The first-order valence-corrected chi connectivity index (χ1v) is 6.86. The van der Waals surface area contributed by atoms with Gasteiger partial charge in [0, 0.05) is 17.5 Å². The van der Waals surface area contributed by atoms with Crippen LogP contribution in [0.5, 0.6) is 0 Å². The van der Waals surface area contributed by atoms with Crippen molar-refractivity contribution < 1.29 is 4.79 Å². The highest BCUT2D eigenvalue weighted by Crippen LogP contribution is 2.14. The van der Waals surface area contributed by atoms with Crippen LogP contribution in [0, 0.1) is 5.92 Å². The molecule has 3 heteroatoms. The Hall–Kier alpha value is -0.570. The molecule has 0 saturated heterocycles. The van der Waals surface area contributed by atoms with E-state index in [0.29, 0.717) is 0 Å². The Morgan fingerprint density at radius 1 is 1.29 bits per heavy atom. The van der Waals surface area contributed by atoms with Crippen LogP contribution < -0.4 is 11.1 Å². The van der Waals surface area contributed by atoms with Crippen molar-refractivity contribution in [2.45, 2.75) is 78.3 Å². The van der Waals surface area contributed by atoms with Crippen LogP contribution in [0.1, 0.15) is 66.7 Å². The summed E-state index contributed by atoms with van der Waals surface area (Å²) in [6.45, 7) is 10.3. The second-order valence-corrected chi connectivity index (χ2v) is 5.93. The summed E-state index contributed by atoms with van der Waals surface area (Å²) in [5.74, 6) is 0.262. The third-order valence-electron chi connectivity index (χ3n) is 3.08. The second kappa shape index (κ2) is 7.70. The first kappa shape index (κ1) is 16.4. The highest BCUT2D eigenvalue weighted by Gasteiger charge is 2.22. The van der Waals surface area contributed by atoms with Crippen molar-refractivity contribution in [1.29, 1.82) is 0 Å². The molecular formula is C14H30N2O. The number of carbonyl (C=O) groups excluding carboxylic acids is 1. The van der Waals surface area contributed by atoms with Crippen LogP contribution in [0.4, 0.5) is 0 Å². The van der Waals surface area contributed by atoms with Gasteiger partial charge >= 0.3 is 0 Å². The Bertz CT molecular complexity index is 224. The van der Waals surface area contributed by atoms with Crippen molar-refractivity contribution >= 4 is 5.91 Å². The summed E-state index contributed by atoms with van der Waals surface area (Å²) < 4.78 is 0. The summed E-state index contributed by atoms with van der Waals surface area (Å²) in [5, 5.41) is 3.12. The van der Waals surface area contributed by atoms with E-state index in [-0.39, 0.29) is 23.4 Å². The zero-order valence-electron chi connectivity index (χ0n) is 12.2. The van der Waals surface area contributed by atoms with Gasteiger partial charge in [-0.15, -0.1) is 0 Å². The molecule has 0 aromatic heterocycles. The van der Waals surface area contributed by atoms with Crippen molar-refractivity contribution in [2.24, 2.45) is 11.7 Å². The molecule has 0 spiro atoms. The maximum absolute atomic E-state index is 12.0. The lowest BCUT2D eigenvalue weighted by molar-refractivity contribution is -0.126. The summed E-state index contributed by atoms with van der Waals surface area (Å²) in [5.41, 5.74) is 5.61. The van der Waals surface area contributed by atoms with E-state index in [1.54, 1.807) is 0 Å². The lowest BCUT2D eigenvalue weighted by Gasteiger charge is -2.27. The fourth-order valence-electron chi connectivity index (χ4n) is 2.02. The molecule has 2 unspecified atom stereocenters. The summed E-state index contributed by atoms with van der Waals surface area (Å²) in [6.07, 6.45) is 5.06. The number of nitrogens with one attached hydrogen (secondary N) is 1. The topological polar surface area (TPSA) is 55.1 Å². The highest BCUT2D eigenvalue weighted by molar-refractivity contribution is 5.78. The summed E-state index contributed by atoms with van der Waals surface area (Å²) in [4.78, 5) is 12.0. The van der Waals surface area contributed by atoms with Gasteiger partial charge in [-0.3, -0.25) is 4.79 Å². The molecule has 0 aromatic rings. The number of hydrogen-bond donors (Lipinski definition) is 2. The van der Waals surface area contributed by atoms with Crippen LogP contribution >= 0.6 is 0 Å². The Morgan fingerprint density at radius 2 is 1.88 bits per heavy atom. The van der Waals surface area contributed by atoms with Crippen molar-refractivity contribution in [3.05, 3.63) is 0 Å². The molecule has 0 aliphatic heterocycles. The highest BCUT2D eigenvalue weighted by atomic mass is 16.2. The van der Waals surface area contributed by atoms with Crippen molar-refractivity contribution in [3.8, 4) is 0 Å². The van der Waals surface area contributed by atoms with Crippen LogP contribution in [0.25, 0.3) is 0 Å². The summed E-state index contributed by atoms with van der Waals surface area (Å²) in [7, 11) is 0. The zero-order chi connectivity index (χ0) is 13.5. The van der Waals surface area contributed by atoms with Crippen LogP contribution in [0.3, 0.4) is 0 Å². The van der Waals surface area contributed by atoms with Gasteiger partial charge in [-0.25, -0.2) is 0 Å². The number of nitrogens with two attached hydrogens (primary N) is 1. The smallest absolute Gasteiger partial charge is 0.223 e. The maximum Gasteiger partial charge on any atom is 0.223 e. The van der Waals surface area contributed by atoms with Gasteiger partial charge in [-0.1, -0.05) is 26.7 Å². The van der Waals surface area contributed by atoms with E-state index in [1.165, 1.54) is 0 Å². The van der Waals surface area contributed by atoms with Gasteiger partial charge in [0.15, 0.2) is 0 Å². The van der Waals surface area contributed by atoms with E-state index >= 15 is 0 Å². The normalized spacial score (nSPS) is 15.4. The molecule has 0 aromatic carbocycles. The fourth-order valence-corrected chi connectivity index (χ4v) is 2.02. The second-order valence-electron chi connectivity index (χ2n) is 5.93. The molecule has 102 valence electrons. The van der Waals surface area contributed by atoms with Crippen LogP contribution in [0.2, 0.25) is 0 Å². The Balaban J connectivity index is 3.96. The third-order valence-corrected chi connectivity index (χ3v) is 3.08. The van der Waals surface area contributed by atoms with Gasteiger partial charge in [0.05, 0.1) is 0 Å². The summed E-state index contributed by atoms with van der Waals surface area (Å²) in [6, 6.07) is 0.238. The van der Waals surface area contributed by atoms with Gasteiger partial charge in [0.25, 0.3) is 0 Å². The molecule has 17 heavy (non-hydrogen) atoms. The molecule has 3 nitrogen and oxygen atoms in total. The Labute approximate surface area is 107 Å². The minimum Gasteiger partial charge on any atom is -0.351 e. The molecule has 2 atom stereocenters. The van der Waals surface area contributed by atoms with E-state index in [0.717, 1.165) is 32.1 Å². The molecule has 0 rings (SSSR count). The van der Waals surface area contributed by atoms with E-state index in [1.807, 2.05) is 13.8 Å². The summed E-state index contributed by atoms with van der Waals surface area (Å²) >= 11 is 0. The molecule has 1 amide bonds. The molecule has 0 bridgehead atoms. The van der Waals surface area contributed by atoms with Gasteiger partial charge in [-0.05, 0) is 40.0 Å². The van der Waals surface area contributed by atoms with Crippen LogP contribution in [-0.2, 0) is 4.79 Å². The minimum absolute atomic E-state index is 0.0821. The maximum atomic E-state index is 12.0. The van der Waals surface area contributed by atoms with Crippen molar-refractivity contribution in [2.75, 3.05) is 0 Å². The standard InChI is InChI=1S/C14H30N2O/c1-6-10-14(4,5)16-13(17)11(2)8-7-9-12(3)15/h11-12H,6-10,15H2,1-5H3,(H,16,17). The van der Waals surface area contributed by atoms with E-state index in [9.17, 15) is 4.79 Å². The third kappa shape index (κ3) is 8.19. The Kier molecular flexibility index (Phi) is 7.44. The van der Waals surface area contributed by atoms with Gasteiger partial charge < -0.3 is 11.1 Å².